The summed E-state index contributed by atoms with van der Waals surface area (Å²) >= 11 is 0. The summed E-state index contributed by atoms with van der Waals surface area (Å²) in [6, 6.07) is 11.2. The van der Waals surface area contributed by atoms with Gasteiger partial charge in [-0.1, -0.05) is 12.1 Å². The van der Waals surface area contributed by atoms with E-state index < -0.39 is 0 Å². The van der Waals surface area contributed by atoms with Gasteiger partial charge in [-0.05, 0) is 43.9 Å². The van der Waals surface area contributed by atoms with Gasteiger partial charge in [-0.3, -0.25) is 14.5 Å². The van der Waals surface area contributed by atoms with Crippen LogP contribution >= 0.6 is 0 Å². The van der Waals surface area contributed by atoms with Gasteiger partial charge in [0.25, 0.3) is 11.8 Å². The zero-order chi connectivity index (χ0) is 19.9. The third-order valence-corrected chi connectivity index (χ3v) is 4.83. The topological polar surface area (TPSA) is 69.0 Å². The maximum absolute atomic E-state index is 12.3. The predicted octanol–water partition coefficient (Wildman–Crippen LogP) is 1.53. The van der Waals surface area contributed by atoms with Crippen LogP contribution in [0.5, 0.6) is 0 Å². The lowest BCUT2D eigenvalue weighted by Crippen LogP contribution is -2.48. The first-order valence-corrected chi connectivity index (χ1v) is 9.60. The van der Waals surface area contributed by atoms with Crippen molar-refractivity contribution < 1.29 is 14.0 Å². The Morgan fingerprint density at radius 1 is 1.11 bits per heavy atom. The summed E-state index contributed by atoms with van der Waals surface area (Å²) in [7, 11) is 3.96. The molecule has 7 nitrogen and oxygen atoms in total. The molecular formula is C21H28N4O3. The van der Waals surface area contributed by atoms with E-state index in [0.29, 0.717) is 31.0 Å². The molecule has 2 amide bonds. The second kappa shape index (κ2) is 9.52. The maximum Gasteiger partial charge on any atom is 0.289 e. The summed E-state index contributed by atoms with van der Waals surface area (Å²) in [4.78, 5) is 30.8. The molecule has 1 aromatic heterocycles. The average Bonchev–Trinajstić information content (AvgIpc) is 3.23. The Kier molecular flexibility index (Phi) is 6.84. The Hall–Kier alpha value is -2.64. The fourth-order valence-electron chi connectivity index (χ4n) is 3.23. The molecule has 0 radical (unpaired) electrons. The van der Waals surface area contributed by atoms with Crippen LogP contribution in [0.4, 0.5) is 0 Å². The number of rotatable bonds is 7. The highest BCUT2D eigenvalue weighted by Gasteiger charge is 2.23. The molecule has 0 atom stereocenters. The molecule has 3 rings (SSSR count). The van der Waals surface area contributed by atoms with E-state index in [1.165, 1.54) is 6.26 Å². The van der Waals surface area contributed by atoms with Gasteiger partial charge in [0.1, 0.15) is 0 Å². The van der Waals surface area contributed by atoms with Gasteiger partial charge in [0, 0.05) is 51.4 Å². The number of piperazine rings is 1. The second-order valence-corrected chi connectivity index (χ2v) is 7.31. The molecule has 1 aromatic carbocycles. The zero-order valence-corrected chi connectivity index (χ0v) is 16.6. The lowest BCUT2D eigenvalue weighted by molar-refractivity contribution is 0.0597. The second-order valence-electron chi connectivity index (χ2n) is 7.31. The van der Waals surface area contributed by atoms with Gasteiger partial charge in [0.05, 0.1) is 6.26 Å². The van der Waals surface area contributed by atoms with Crippen LogP contribution in [0.2, 0.25) is 0 Å². The van der Waals surface area contributed by atoms with Crippen LogP contribution in [0.15, 0.2) is 47.1 Å². The molecule has 0 saturated carbocycles. The molecule has 150 valence electrons. The molecule has 28 heavy (non-hydrogen) atoms. The summed E-state index contributed by atoms with van der Waals surface area (Å²) in [5.41, 5.74) is 1.79. The minimum absolute atomic E-state index is 0.0439. The number of carbonyl (C=O) groups is 2. The summed E-state index contributed by atoms with van der Waals surface area (Å²) < 4.78 is 5.20. The highest BCUT2D eigenvalue weighted by Crippen LogP contribution is 2.13. The van der Waals surface area contributed by atoms with Crippen LogP contribution in [0.3, 0.4) is 0 Å². The molecule has 0 bridgehead atoms. The van der Waals surface area contributed by atoms with Crippen molar-refractivity contribution in [1.29, 1.82) is 0 Å². The number of hydrogen-bond donors (Lipinski definition) is 1. The molecule has 0 unspecified atom stereocenters. The van der Waals surface area contributed by atoms with Crippen molar-refractivity contribution in [2.75, 3.05) is 53.4 Å². The van der Waals surface area contributed by atoms with Gasteiger partial charge in [0.2, 0.25) is 0 Å². The van der Waals surface area contributed by atoms with E-state index in [9.17, 15) is 9.59 Å². The number of amides is 2. The van der Waals surface area contributed by atoms with Crippen molar-refractivity contribution in [1.82, 2.24) is 20.0 Å². The summed E-state index contributed by atoms with van der Waals surface area (Å²) in [6.07, 6.45) is 1.52. The van der Waals surface area contributed by atoms with Gasteiger partial charge in [-0.15, -0.1) is 0 Å². The first-order chi connectivity index (χ1) is 13.5. The molecular weight excluding hydrogens is 356 g/mol. The summed E-state index contributed by atoms with van der Waals surface area (Å²) in [5.74, 6) is 0.292. The molecule has 2 aromatic rings. The number of furan rings is 1. The number of nitrogens with zero attached hydrogens (tertiary/aromatic N) is 3. The Morgan fingerprint density at radius 3 is 2.57 bits per heavy atom. The minimum atomic E-state index is -0.0546. The normalized spacial score (nSPS) is 15.0. The Bertz CT molecular complexity index is 781. The van der Waals surface area contributed by atoms with Crippen LogP contribution in [0.1, 0.15) is 26.5 Å². The number of likely N-dealkylation sites (N-methyl/N-ethyl adjacent to an activating group) is 1. The van der Waals surface area contributed by atoms with Crippen molar-refractivity contribution in [3.63, 3.8) is 0 Å². The van der Waals surface area contributed by atoms with E-state index in [4.69, 9.17) is 4.42 Å². The van der Waals surface area contributed by atoms with Gasteiger partial charge < -0.3 is 19.5 Å². The Labute approximate surface area is 165 Å². The summed E-state index contributed by atoms with van der Waals surface area (Å²) in [6.45, 7) is 5.14. The first kappa shape index (κ1) is 20.1. The molecule has 0 aliphatic carbocycles. The SMILES string of the molecule is CN(C)CCNC(=O)c1cccc(CN2CCN(C(=O)c3ccco3)CC2)c1. The van der Waals surface area contributed by atoms with Crippen molar-refractivity contribution in [2.45, 2.75) is 6.54 Å². The maximum atomic E-state index is 12.3. The highest BCUT2D eigenvalue weighted by molar-refractivity contribution is 5.94. The quantitative estimate of drug-likeness (QED) is 0.784. The molecule has 7 heteroatoms. The molecule has 1 aliphatic heterocycles. The van der Waals surface area contributed by atoms with Crippen LogP contribution in [0.25, 0.3) is 0 Å². The van der Waals surface area contributed by atoms with Crippen LogP contribution in [0, 0.1) is 0 Å². The van der Waals surface area contributed by atoms with Gasteiger partial charge in [-0.2, -0.15) is 0 Å². The van der Waals surface area contributed by atoms with Crippen molar-refractivity contribution >= 4 is 11.8 Å². The van der Waals surface area contributed by atoms with Crippen molar-refractivity contribution in [2.24, 2.45) is 0 Å². The average molecular weight is 384 g/mol. The number of hydrogen-bond acceptors (Lipinski definition) is 5. The standard InChI is InChI=1S/C21H28N4O3/c1-23(2)9-8-22-20(26)18-6-3-5-17(15-18)16-24-10-12-25(13-11-24)21(27)19-7-4-14-28-19/h3-7,14-15H,8-13,16H2,1-2H3,(H,22,26). The predicted molar refractivity (Wildman–Crippen MR) is 107 cm³/mol. The number of carbonyl (C=O) groups excluding carboxylic acids is 2. The van der Waals surface area contributed by atoms with E-state index in [0.717, 1.165) is 31.7 Å². The van der Waals surface area contributed by atoms with Gasteiger partial charge in [0.15, 0.2) is 5.76 Å². The summed E-state index contributed by atoms with van der Waals surface area (Å²) in [5, 5.41) is 2.95. The monoisotopic (exact) mass is 384 g/mol. The van der Waals surface area contributed by atoms with Crippen LogP contribution in [-0.4, -0.2) is 79.9 Å². The van der Waals surface area contributed by atoms with Crippen LogP contribution in [-0.2, 0) is 6.54 Å². The smallest absolute Gasteiger partial charge is 0.289 e. The number of benzene rings is 1. The fourth-order valence-corrected chi connectivity index (χ4v) is 3.23. The van der Waals surface area contributed by atoms with E-state index in [2.05, 4.69) is 10.2 Å². The third kappa shape index (κ3) is 5.43. The lowest BCUT2D eigenvalue weighted by Gasteiger charge is -2.34. The molecule has 1 fully saturated rings. The minimum Gasteiger partial charge on any atom is -0.459 e. The van der Waals surface area contributed by atoms with E-state index in [1.807, 2.05) is 48.2 Å². The largest absolute Gasteiger partial charge is 0.459 e. The van der Waals surface area contributed by atoms with E-state index in [-0.39, 0.29) is 11.8 Å². The molecule has 1 saturated heterocycles. The lowest BCUT2D eigenvalue weighted by atomic mass is 10.1. The molecule has 2 heterocycles. The molecule has 1 N–H and O–H groups in total. The number of nitrogens with one attached hydrogen (secondary N) is 1. The highest BCUT2D eigenvalue weighted by atomic mass is 16.3. The van der Waals surface area contributed by atoms with E-state index in [1.54, 1.807) is 12.1 Å². The van der Waals surface area contributed by atoms with Gasteiger partial charge >= 0.3 is 0 Å². The van der Waals surface area contributed by atoms with Crippen LogP contribution < -0.4 is 5.32 Å². The Morgan fingerprint density at radius 2 is 1.89 bits per heavy atom. The molecule has 0 spiro atoms. The molecule has 1 aliphatic rings. The zero-order valence-electron chi connectivity index (χ0n) is 16.6. The van der Waals surface area contributed by atoms with Gasteiger partial charge in [-0.25, -0.2) is 0 Å². The Balaban J connectivity index is 1.50. The first-order valence-electron chi connectivity index (χ1n) is 9.60. The van der Waals surface area contributed by atoms with Crippen molar-refractivity contribution in [3.05, 3.63) is 59.5 Å². The van der Waals surface area contributed by atoms with E-state index >= 15 is 0 Å². The fraction of sp³-hybridized carbons (Fsp3) is 0.429. The van der Waals surface area contributed by atoms with Crippen molar-refractivity contribution in [3.8, 4) is 0 Å². The third-order valence-electron chi connectivity index (χ3n) is 4.83.